The number of hydrogen-bond acceptors (Lipinski definition) is 4. The topological polar surface area (TPSA) is 50.7 Å². The average Bonchev–Trinajstić information content (AvgIpc) is 2.80. The molecule has 18 heavy (non-hydrogen) atoms. The van der Waals surface area contributed by atoms with E-state index in [2.05, 4.69) is 28.7 Å². The Morgan fingerprint density at radius 3 is 2.94 bits per heavy atom. The molecule has 0 atom stereocenters. The van der Waals surface area contributed by atoms with Crippen LogP contribution in [0.15, 0.2) is 35.4 Å². The normalized spacial score (nSPS) is 11.6. The maximum absolute atomic E-state index is 11.1. The zero-order chi connectivity index (χ0) is 13.0. The first kappa shape index (κ1) is 12.6. The van der Waals surface area contributed by atoms with Crippen LogP contribution in [0.25, 0.3) is 10.1 Å². The number of amides is 1. The molecule has 0 aliphatic rings. The first-order valence-corrected chi connectivity index (χ1v) is 6.48. The highest BCUT2D eigenvalue weighted by atomic mass is 32.1. The van der Waals surface area contributed by atoms with Crippen molar-refractivity contribution in [1.82, 2.24) is 5.43 Å². The molecule has 94 valence electrons. The lowest BCUT2D eigenvalue weighted by atomic mass is 10.2. The number of carbonyl (C=O) groups is 1. The van der Waals surface area contributed by atoms with E-state index < -0.39 is 6.09 Å². The van der Waals surface area contributed by atoms with E-state index in [-0.39, 0.29) is 0 Å². The lowest BCUT2D eigenvalue weighted by Gasteiger charge is -2.00. The van der Waals surface area contributed by atoms with Gasteiger partial charge in [0.25, 0.3) is 0 Å². The molecule has 1 aromatic heterocycles. The van der Waals surface area contributed by atoms with E-state index in [1.807, 2.05) is 19.1 Å². The number of hydrogen-bond donors (Lipinski definition) is 1. The van der Waals surface area contributed by atoms with Crippen LogP contribution in [0.3, 0.4) is 0 Å². The highest BCUT2D eigenvalue weighted by Crippen LogP contribution is 2.25. The van der Waals surface area contributed by atoms with Crippen molar-refractivity contribution in [1.29, 1.82) is 0 Å². The van der Waals surface area contributed by atoms with Gasteiger partial charge in [0.05, 0.1) is 17.2 Å². The van der Waals surface area contributed by atoms with Crippen molar-refractivity contribution in [2.45, 2.75) is 13.8 Å². The van der Waals surface area contributed by atoms with Gasteiger partial charge in [0.2, 0.25) is 0 Å². The number of ether oxygens (including phenoxy) is 1. The minimum Gasteiger partial charge on any atom is -0.449 e. The lowest BCUT2D eigenvalue weighted by molar-refractivity contribution is 0.152. The fourth-order valence-corrected chi connectivity index (χ4v) is 2.52. The third-order valence-corrected chi connectivity index (χ3v) is 3.60. The van der Waals surface area contributed by atoms with Gasteiger partial charge in [-0.1, -0.05) is 18.2 Å². The number of nitrogens with one attached hydrogen (secondary N) is 1. The lowest BCUT2D eigenvalue weighted by Crippen LogP contribution is -2.20. The van der Waals surface area contributed by atoms with Crippen molar-refractivity contribution in [3.8, 4) is 0 Å². The van der Waals surface area contributed by atoms with E-state index in [1.165, 1.54) is 10.1 Å². The van der Waals surface area contributed by atoms with E-state index in [9.17, 15) is 4.79 Å². The Kier molecular flexibility index (Phi) is 3.94. The summed E-state index contributed by atoms with van der Waals surface area (Å²) in [6.45, 7) is 3.95. The molecule has 0 bridgehead atoms. The molecule has 2 rings (SSSR count). The molecule has 0 fully saturated rings. The molecular formula is C13H14N2O2S. The number of rotatable bonds is 3. The molecule has 0 aliphatic heterocycles. The summed E-state index contributed by atoms with van der Waals surface area (Å²) in [6, 6.07) is 10.2. The molecular weight excluding hydrogens is 248 g/mol. The van der Waals surface area contributed by atoms with E-state index in [1.54, 1.807) is 18.3 Å². The minimum absolute atomic E-state index is 0.337. The Morgan fingerprint density at radius 1 is 1.44 bits per heavy atom. The molecule has 0 saturated heterocycles. The summed E-state index contributed by atoms with van der Waals surface area (Å²) in [5, 5.41) is 5.19. The Bertz CT molecular complexity index is 556. The van der Waals surface area contributed by atoms with Crippen molar-refractivity contribution < 1.29 is 9.53 Å². The molecule has 0 spiro atoms. The second-order valence-electron chi connectivity index (χ2n) is 3.68. The molecule has 5 heteroatoms. The maximum Gasteiger partial charge on any atom is 0.427 e. The van der Waals surface area contributed by atoms with Gasteiger partial charge in [-0.05, 0) is 31.4 Å². The monoisotopic (exact) mass is 262 g/mol. The molecule has 0 unspecified atom stereocenters. The highest BCUT2D eigenvalue weighted by Gasteiger charge is 2.05. The maximum atomic E-state index is 11.1. The van der Waals surface area contributed by atoms with Gasteiger partial charge in [0, 0.05) is 4.70 Å². The first-order chi connectivity index (χ1) is 8.70. The van der Waals surface area contributed by atoms with Gasteiger partial charge >= 0.3 is 6.09 Å². The molecule has 0 aliphatic carbocycles. The van der Waals surface area contributed by atoms with Crippen LogP contribution >= 0.6 is 11.3 Å². The second-order valence-corrected chi connectivity index (χ2v) is 4.76. The van der Waals surface area contributed by atoms with E-state index in [0.717, 1.165) is 10.6 Å². The van der Waals surface area contributed by atoms with Crippen LogP contribution in [-0.2, 0) is 4.74 Å². The zero-order valence-electron chi connectivity index (χ0n) is 10.3. The molecule has 1 N–H and O–H groups in total. The SMILES string of the molecule is CCOC(=O)NN=C(C)c1cc2ccccc2s1. The van der Waals surface area contributed by atoms with Gasteiger partial charge in [0.15, 0.2) is 0 Å². The number of fused-ring (bicyclic) bond motifs is 1. The standard InChI is InChI=1S/C13H14N2O2S/c1-3-17-13(16)15-14-9(2)12-8-10-6-4-5-7-11(10)18-12/h4-8H,3H2,1-2H3,(H,15,16). The molecule has 0 radical (unpaired) electrons. The first-order valence-electron chi connectivity index (χ1n) is 5.66. The molecule has 1 heterocycles. The minimum atomic E-state index is -0.530. The van der Waals surface area contributed by atoms with Crippen LogP contribution < -0.4 is 5.43 Å². The summed E-state index contributed by atoms with van der Waals surface area (Å²) < 4.78 is 5.94. The fraction of sp³-hybridized carbons (Fsp3) is 0.231. The quantitative estimate of drug-likeness (QED) is 0.681. The summed E-state index contributed by atoms with van der Waals surface area (Å²) in [5.41, 5.74) is 3.13. The molecule has 2 aromatic rings. The van der Waals surface area contributed by atoms with Gasteiger partial charge in [-0.3, -0.25) is 0 Å². The summed E-state index contributed by atoms with van der Waals surface area (Å²) in [4.78, 5) is 12.1. The van der Waals surface area contributed by atoms with Crippen molar-refractivity contribution in [2.75, 3.05) is 6.61 Å². The second kappa shape index (κ2) is 5.64. The van der Waals surface area contributed by atoms with E-state index in [4.69, 9.17) is 4.74 Å². The van der Waals surface area contributed by atoms with E-state index >= 15 is 0 Å². The van der Waals surface area contributed by atoms with Crippen molar-refractivity contribution in [3.63, 3.8) is 0 Å². The van der Waals surface area contributed by atoms with Gasteiger partial charge < -0.3 is 4.74 Å². The van der Waals surface area contributed by atoms with Crippen LogP contribution in [0.1, 0.15) is 18.7 Å². The molecule has 0 saturated carbocycles. The van der Waals surface area contributed by atoms with Crippen molar-refractivity contribution in [2.24, 2.45) is 5.10 Å². The van der Waals surface area contributed by atoms with Crippen molar-refractivity contribution in [3.05, 3.63) is 35.2 Å². The number of carbonyl (C=O) groups excluding carboxylic acids is 1. The van der Waals surface area contributed by atoms with Crippen LogP contribution in [-0.4, -0.2) is 18.4 Å². The van der Waals surface area contributed by atoms with Crippen LogP contribution in [0.5, 0.6) is 0 Å². The van der Waals surface area contributed by atoms with Gasteiger partial charge in [-0.2, -0.15) is 5.10 Å². The van der Waals surface area contributed by atoms with Crippen molar-refractivity contribution >= 4 is 33.2 Å². The number of hydrazone groups is 1. The summed E-state index contributed by atoms with van der Waals surface area (Å²) in [7, 11) is 0. The average molecular weight is 262 g/mol. The fourth-order valence-electron chi connectivity index (χ4n) is 1.51. The third-order valence-electron chi connectivity index (χ3n) is 2.37. The number of nitrogens with zero attached hydrogens (tertiary/aromatic N) is 1. The largest absolute Gasteiger partial charge is 0.449 e. The van der Waals surface area contributed by atoms with Crippen LogP contribution in [0.2, 0.25) is 0 Å². The molecule has 4 nitrogen and oxygen atoms in total. The Labute approximate surface area is 109 Å². The van der Waals surface area contributed by atoms with Gasteiger partial charge in [-0.25, -0.2) is 10.2 Å². The molecule has 1 amide bonds. The molecule has 1 aromatic carbocycles. The third kappa shape index (κ3) is 2.87. The van der Waals surface area contributed by atoms with Crippen LogP contribution in [0, 0.1) is 0 Å². The Balaban J connectivity index is 2.15. The predicted octanol–water partition coefficient (Wildman–Crippen LogP) is 3.37. The highest BCUT2D eigenvalue weighted by molar-refractivity contribution is 7.20. The Hall–Kier alpha value is -1.88. The summed E-state index contributed by atoms with van der Waals surface area (Å²) >= 11 is 1.65. The predicted molar refractivity (Wildman–Crippen MR) is 74.2 cm³/mol. The number of thiophene rings is 1. The van der Waals surface area contributed by atoms with Gasteiger partial charge in [-0.15, -0.1) is 11.3 Å². The van der Waals surface area contributed by atoms with Crippen LogP contribution in [0.4, 0.5) is 4.79 Å². The Morgan fingerprint density at radius 2 is 2.22 bits per heavy atom. The van der Waals surface area contributed by atoms with Gasteiger partial charge in [0.1, 0.15) is 0 Å². The number of benzene rings is 1. The van der Waals surface area contributed by atoms with E-state index in [0.29, 0.717) is 6.61 Å². The zero-order valence-corrected chi connectivity index (χ0v) is 11.1. The summed E-state index contributed by atoms with van der Waals surface area (Å²) in [5.74, 6) is 0. The smallest absolute Gasteiger partial charge is 0.427 e. The summed E-state index contributed by atoms with van der Waals surface area (Å²) in [6.07, 6.45) is -0.530.